The quantitative estimate of drug-likeness (QED) is 0.631. The van der Waals surface area contributed by atoms with Gasteiger partial charge in [0.15, 0.2) is 0 Å². The van der Waals surface area contributed by atoms with Crippen molar-refractivity contribution in [1.29, 1.82) is 0 Å². The number of aromatic nitrogens is 1. The van der Waals surface area contributed by atoms with Gasteiger partial charge < -0.3 is 24.5 Å². The van der Waals surface area contributed by atoms with Crippen LogP contribution in [0.1, 0.15) is 21.5 Å². The lowest BCUT2D eigenvalue weighted by atomic mass is 9.97. The number of methoxy groups -OCH3 is 1. The highest BCUT2D eigenvalue weighted by atomic mass is 19.1. The molecule has 32 heavy (non-hydrogen) atoms. The summed E-state index contributed by atoms with van der Waals surface area (Å²) in [4.78, 5) is 27.7. The van der Waals surface area contributed by atoms with Crippen molar-refractivity contribution >= 4 is 23.0 Å². The van der Waals surface area contributed by atoms with Crippen molar-refractivity contribution < 1.29 is 33.0 Å². The van der Waals surface area contributed by atoms with E-state index in [9.17, 15) is 18.4 Å². The smallest absolute Gasteiger partial charge is 0.409 e. The second-order valence-corrected chi connectivity index (χ2v) is 7.76. The predicted octanol–water partition coefficient (Wildman–Crippen LogP) is 4.13. The van der Waals surface area contributed by atoms with Gasteiger partial charge in [0.2, 0.25) is 0 Å². The first kappa shape index (κ1) is 21.8. The van der Waals surface area contributed by atoms with Crippen molar-refractivity contribution in [3.63, 3.8) is 0 Å². The summed E-state index contributed by atoms with van der Waals surface area (Å²) < 4.78 is 40.4. The van der Waals surface area contributed by atoms with Gasteiger partial charge in [0.05, 0.1) is 43.2 Å². The van der Waals surface area contributed by atoms with Crippen LogP contribution in [0.25, 0.3) is 22.2 Å². The van der Waals surface area contributed by atoms with Gasteiger partial charge in [-0.3, -0.25) is 0 Å². The van der Waals surface area contributed by atoms with Crippen LogP contribution in [0.5, 0.6) is 0 Å². The van der Waals surface area contributed by atoms with Gasteiger partial charge in [0, 0.05) is 23.9 Å². The van der Waals surface area contributed by atoms with Crippen molar-refractivity contribution in [2.24, 2.45) is 0 Å². The Kier molecular flexibility index (Phi) is 5.84. The summed E-state index contributed by atoms with van der Waals surface area (Å²) >= 11 is 0. The highest BCUT2D eigenvalue weighted by molar-refractivity contribution is 5.93. The highest BCUT2D eigenvalue weighted by Gasteiger charge is 2.28. The van der Waals surface area contributed by atoms with Gasteiger partial charge in [-0.15, -0.1) is 0 Å². The number of carbonyl (C=O) groups is 2. The number of nitrogens with zero attached hydrogens (tertiary/aromatic N) is 1. The second kappa shape index (κ2) is 8.58. The zero-order valence-electron chi connectivity index (χ0n) is 17.6. The van der Waals surface area contributed by atoms with Crippen LogP contribution in [-0.4, -0.2) is 60.0 Å². The Morgan fingerprint density at radius 3 is 2.62 bits per heavy atom. The number of hydrogen-bond donors (Lipinski definition) is 2. The minimum atomic E-state index is -1.42. The van der Waals surface area contributed by atoms with E-state index in [1.54, 1.807) is 0 Å². The summed E-state index contributed by atoms with van der Waals surface area (Å²) in [6.07, 6.45) is -0.591. The fraction of sp³-hybridized carbons (Fsp3) is 0.304. The first-order valence-electron chi connectivity index (χ1n) is 10.1. The van der Waals surface area contributed by atoms with E-state index in [1.165, 1.54) is 12.0 Å². The molecule has 4 rings (SSSR count). The van der Waals surface area contributed by atoms with Crippen molar-refractivity contribution in [3.05, 3.63) is 58.7 Å². The third-order valence-corrected chi connectivity index (χ3v) is 5.60. The minimum Gasteiger partial charge on any atom is -0.478 e. The van der Waals surface area contributed by atoms with Crippen molar-refractivity contribution in [3.8, 4) is 11.3 Å². The Morgan fingerprint density at radius 1 is 1.25 bits per heavy atom. The van der Waals surface area contributed by atoms with Crippen molar-refractivity contribution in [2.75, 3.05) is 26.8 Å². The molecule has 1 aliphatic rings. The molecule has 2 N–H and O–H groups in total. The van der Waals surface area contributed by atoms with Crippen LogP contribution in [0.3, 0.4) is 0 Å². The Labute approximate surface area is 182 Å². The van der Waals surface area contributed by atoms with E-state index in [0.29, 0.717) is 24.2 Å². The number of nitrogens with one attached hydrogen (secondary N) is 1. The number of ether oxygens (including phenoxy) is 2. The van der Waals surface area contributed by atoms with Gasteiger partial charge in [-0.1, -0.05) is 12.1 Å². The Bertz CT molecular complexity index is 1180. The van der Waals surface area contributed by atoms with E-state index >= 15 is 0 Å². The summed E-state index contributed by atoms with van der Waals surface area (Å²) in [5.41, 5.74) is 1.69. The van der Waals surface area contributed by atoms with Crippen LogP contribution in [0.2, 0.25) is 0 Å². The summed E-state index contributed by atoms with van der Waals surface area (Å²) in [5.74, 6) is -3.37. The summed E-state index contributed by atoms with van der Waals surface area (Å²) in [7, 11) is 1.30. The summed E-state index contributed by atoms with van der Waals surface area (Å²) in [5, 5.41) is 9.87. The van der Waals surface area contributed by atoms with E-state index < -0.39 is 35.4 Å². The molecule has 0 saturated carbocycles. The van der Waals surface area contributed by atoms with E-state index in [4.69, 9.17) is 14.6 Å². The number of morpholine rings is 1. The first-order chi connectivity index (χ1) is 15.3. The monoisotopic (exact) mass is 444 g/mol. The molecule has 1 amide bonds. The molecule has 0 bridgehead atoms. The van der Waals surface area contributed by atoms with Crippen LogP contribution in [0.4, 0.5) is 13.6 Å². The molecule has 1 atom stereocenters. The average molecular weight is 444 g/mol. The van der Waals surface area contributed by atoms with Crippen LogP contribution in [0.15, 0.2) is 30.3 Å². The average Bonchev–Trinajstić information content (AvgIpc) is 3.09. The normalized spacial score (nSPS) is 16.4. The van der Waals surface area contributed by atoms with E-state index in [2.05, 4.69) is 4.98 Å². The highest BCUT2D eigenvalue weighted by Crippen LogP contribution is 2.36. The predicted molar refractivity (Wildman–Crippen MR) is 113 cm³/mol. The number of aryl methyl sites for hydroxylation is 1. The molecule has 2 heterocycles. The maximum atomic E-state index is 14.9. The van der Waals surface area contributed by atoms with E-state index in [0.717, 1.165) is 23.1 Å². The zero-order chi connectivity index (χ0) is 23.0. The number of carboxylic acid groups (broad SMARTS) is 1. The number of amides is 1. The minimum absolute atomic E-state index is 0.219. The molecule has 0 unspecified atom stereocenters. The number of fused-ring (bicyclic) bond motifs is 1. The van der Waals surface area contributed by atoms with Crippen molar-refractivity contribution in [1.82, 2.24) is 9.88 Å². The van der Waals surface area contributed by atoms with Gasteiger partial charge in [-0.05, 0) is 36.2 Å². The number of H-pyrrole nitrogens is 1. The molecule has 0 spiro atoms. The third-order valence-electron chi connectivity index (χ3n) is 5.60. The molecule has 7 nitrogen and oxygen atoms in total. The number of benzene rings is 2. The SMILES string of the molecule is COC(=O)N1CCO[C@@H](Cc2c(-c3c(F)cc(C(=O)O)cc3F)[nH]c3cc(C)ccc23)C1. The Hall–Kier alpha value is -3.46. The maximum absolute atomic E-state index is 14.9. The molecule has 1 saturated heterocycles. The Balaban J connectivity index is 1.80. The molecule has 3 aromatic rings. The van der Waals surface area contributed by atoms with Crippen LogP contribution < -0.4 is 0 Å². The number of aromatic carboxylic acids is 1. The Morgan fingerprint density at radius 2 is 1.97 bits per heavy atom. The maximum Gasteiger partial charge on any atom is 0.409 e. The van der Waals surface area contributed by atoms with Gasteiger partial charge in [0.25, 0.3) is 0 Å². The molecular formula is C23H22F2N2O5. The number of hydrogen-bond acceptors (Lipinski definition) is 4. The van der Waals surface area contributed by atoms with Crippen LogP contribution in [-0.2, 0) is 15.9 Å². The zero-order valence-corrected chi connectivity index (χ0v) is 17.6. The lowest BCUT2D eigenvalue weighted by Crippen LogP contribution is -2.46. The topological polar surface area (TPSA) is 91.9 Å². The fourth-order valence-electron chi connectivity index (χ4n) is 4.10. The number of rotatable bonds is 4. The molecule has 9 heteroatoms. The molecular weight excluding hydrogens is 422 g/mol. The second-order valence-electron chi connectivity index (χ2n) is 7.76. The van der Waals surface area contributed by atoms with Gasteiger partial charge in [-0.2, -0.15) is 0 Å². The van der Waals surface area contributed by atoms with Gasteiger partial charge >= 0.3 is 12.1 Å². The molecule has 1 fully saturated rings. The molecule has 0 radical (unpaired) electrons. The van der Waals surface area contributed by atoms with Gasteiger partial charge in [0.1, 0.15) is 11.6 Å². The molecule has 1 aromatic heterocycles. The molecule has 2 aromatic carbocycles. The fourth-order valence-corrected chi connectivity index (χ4v) is 4.10. The summed E-state index contributed by atoms with van der Waals surface area (Å²) in [6, 6.07) is 7.23. The first-order valence-corrected chi connectivity index (χ1v) is 10.1. The largest absolute Gasteiger partial charge is 0.478 e. The van der Waals surface area contributed by atoms with E-state index in [1.807, 2.05) is 25.1 Å². The summed E-state index contributed by atoms with van der Waals surface area (Å²) in [6.45, 7) is 2.88. The number of halogens is 2. The van der Waals surface area contributed by atoms with Crippen LogP contribution in [0, 0.1) is 18.6 Å². The molecule has 168 valence electrons. The lowest BCUT2D eigenvalue weighted by molar-refractivity contribution is -0.0235. The van der Waals surface area contributed by atoms with Gasteiger partial charge in [-0.25, -0.2) is 18.4 Å². The molecule has 1 aliphatic heterocycles. The van der Waals surface area contributed by atoms with E-state index in [-0.39, 0.29) is 24.2 Å². The molecule has 0 aliphatic carbocycles. The number of carboxylic acids is 1. The third kappa shape index (κ3) is 4.03. The van der Waals surface area contributed by atoms with Crippen LogP contribution >= 0.6 is 0 Å². The number of aromatic amines is 1. The van der Waals surface area contributed by atoms with Crippen molar-refractivity contribution in [2.45, 2.75) is 19.4 Å². The number of carbonyl (C=O) groups excluding carboxylic acids is 1. The lowest BCUT2D eigenvalue weighted by Gasteiger charge is -2.32. The standard InChI is InChI=1S/C23H22F2N2O5/c1-12-3-4-15-16(10-14-11-27(5-6-32-14)23(30)31-2)21(26-19(15)7-12)20-17(24)8-13(22(28)29)9-18(20)25/h3-4,7-9,14,26H,5-6,10-11H2,1-2H3,(H,28,29)/t14-/m0/s1.